The van der Waals surface area contributed by atoms with Gasteiger partial charge in [0, 0.05) is 6.56 Å². The van der Waals surface area contributed by atoms with E-state index in [4.69, 9.17) is 7.85 Å². The van der Waals surface area contributed by atoms with Gasteiger partial charge in [0.05, 0.1) is 2.74 Å². The quantitative estimate of drug-likeness (QED) is 0.502. The summed E-state index contributed by atoms with van der Waals surface area (Å²) in [7, 11) is 0. The monoisotopic (exact) mass is 88.1 g/mol. The highest BCUT2D eigenvalue weighted by Gasteiger charge is 2.35. The summed E-state index contributed by atoms with van der Waals surface area (Å²) >= 11 is 0. The topological polar surface area (TPSA) is 20.2 Å². The third-order valence-electron chi connectivity index (χ3n) is 1.27. The fourth-order valence-corrected chi connectivity index (χ4v) is 0.299. The van der Waals surface area contributed by atoms with Crippen molar-refractivity contribution in [2.75, 3.05) is 6.56 Å². The number of rotatable bonds is 1. The van der Waals surface area contributed by atoms with Crippen molar-refractivity contribution in [1.29, 1.82) is 0 Å². The normalized spacial score (nSPS) is 34.3. The van der Waals surface area contributed by atoms with Gasteiger partial charge in [0.1, 0.15) is 0 Å². The Bertz CT molecular complexity index is 98.2. The zero-order valence-electron chi connectivity index (χ0n) is 5.86. The van der Waals surface area contributed by atoms with E-state index in [0.29, 0.717) is 0 Å². The third kappa shape index (κ3) is 0.548. The van der Waals surface area contributed by atoms with Gasteiger partial charge >= 0.3 is 0 Å². The van der Waals surface area contributed by atoms with Crippen molar-refractivity contribution in [3.05, 3.63) is 0 Å². The van der Waals surface area contributed by atoms with Crippen molar-refractivity contribution >= 4 is 0 Å². The second-order valence-corrected chi connectivity index (χ2v) is 2.17. The minimum atomic E-state index is -1.95. The standard InChI is InChI=1S/C5H10O/c1-5(4-6)2-3-5/h6H,2-4H2,1H3/i4D2. The number of aliphatic hydroxyl groups is 1. The van der Waals surface area contributed by atoms with Gasteiger partial charge < -0.3 is 5.11 Å². The molecule has 1 rings (SSSR count). The van der Waals surface area contributed by atoms with E-state index in [1.54, 1.807) is 6.92 Å². The van der Waals surface area contributed by atoms with Crippen molar-refractivity contribution in [2.45, 2.75) is 19.8 Å². The Morgan fingerprint density at radius 3 is 2.50 bits per heavy atom. The summed E-state index contributed by atoms with van der Waals surface area (Å²) in [6.07, 6.45) is 1.63. The molecule has 0 aliphatic heterocycles. The van der Waals surface area contributed by atoms with Crippen LogP contribution in [0.25, 0.3) is 0 Å². The predicted molar refractivity (Wildman–Crippen MR) is 24.4 cm³/mol. The minimum Gasteiger partial charge on any atom is -0.396 e. The smallest absolute Gasteiger partial charge is 0.0569 e. The SMILES string of the molecule is [2H]C([2H])(O)C1(C)CC1. The average Bonchev–Trinajstić information content (AvgIpc) is 2.16. The first-order chi connectivity index (χ1) is 3.46. The Morgan fingerprint density at radius 2 is 2.50 bits per heavy atom. The molecule has 0 bridgehead atoms. The molecule has 0 unspecified atom stereocenters. The summed E-state index contributed by atoms with van der Waals surface area (Å²) in [6.45, 7) is -0.194. The summed E-state index contributed by atoms with van der Waals surface area (Å²) in [5.74, 6) is 0. The third-order valence-corrected chi connectivity index (χ3v) is 1.27. The van der Waals surface area contributed by atoms with Crippen LogP contribution in [-0.2, 0) is 0 Å². The van der Waals surface area contributed by atoms with Gasteiger partial charge in [0.25, 0.3) is 0 Å². The highest BCUT2D eigenvalue weighted by molar-refractivity contribution is 4.87. The van der Waals surface area contributed by atoms with E-state index in [1.165, 1.54) is 0 Å². The zero-order chi connectivity index (χ0) is 6.41. The van der Waals surface area contributed by atoms with E-state index in [9.17, 15) is 0 Å². The Labute approximate surface area is 40.8 Å². The van der Waals surface area contributed by atoms with E-state index in [0.717, 1.165) is 12.8 Å². The van der Waals surface area contributed by atoms with Gasteiger partial charge in [-0.1, -0.05) is 6.92 Å². The number of hydrogen-bond donors (Lipinski definition) is 1. The second-order valence-electron chi connectivity index (χ2n) is 2.17. The summed E-state index contributed by atoms with van der Waals surface area (Å²) in [5.41, 5.74) is -0.424. The highest BCUT2D eigenvalue weighted by atomic mass is 16.3. The minimum absolute atomic E-state index is 0.424. The lowest BCUT2D eigenvalue weighted by molar-refractivity contribution is 0.224. The fourth-order valence-electron chi connectivity index (χ4n) is 0.299. The van der Waals surface area contributed by atoms with Gasteiger partial charge in [-0.3, -0.25) is 0 Å². The molecule has 0 saturated heterocycles. The van der Waals surface area contributed by atoms with E-state index in [2.05, 4.69) is 0 Å². The maximum absolute atomic E-state index is 8.75. The van der Waals surface area contributed by atoms with Crippen LogP contribution < -0.4 is 0 Å². The van der Waals surface area contributed by atoms with Gasteiger partial charge in [0.15, 0.2) is 0 Å². The molecule has 0 aromatic heterocycles. The van der Waals surface area contributed by atoms with Crippen LogP contribution >= 0.6 is 0 Å². The largest absolute Gasteiger partial charge is 0.396 e. The van der Waals surface area contributed by atoms with Crippen LogP contribution in [0.5, 0.6) is 0 Å². The molecule has 0 heterocycles. The molecule has 1 heteroatoms. The molecular formula is C5H10O. The summed E-state index contributed by atoms with van der Waals surface area (Å²) in [6, 6.07) is 0. The van der Waals surface area contributed by atoms with Crippen LogP contribution in [0.1, 0.15) is 22.5 Å². The van der Waals surface area contributed by atoms with Crippen molar-refractivity contribution in [3.8, 4) is 0 Å². The molecule has 0 atom stereocenters. The van der Waals surface area contributed by atoms with Gasteiger partial charge in [-0.2, -0.15) is 0 Å². The van der Waals surface area contributed by atoms with Gasteiger partial charge in [-0.15, -0.1) is 0 Å². The molecule has 1 aliphatic rings. The first-order valence-electron chi connectivity index (χ1n) is 3.18. The molecule has 1 aliphatic carbocycles. The molecule has 0 radical (unpaired) electrons. The van der Waals surface area contributed by atoms with Crippen LogP contribution in [0.2, 0.25) is 0 Å². The molecule has 0 spiro atoms. The molecule has 1 N–H and O–H groups in total. The van der Waals surface area contributed by atoms with Crippen molar-refractivity contribution in [3.63, 3.8) is 0 Å². The summed E-state index contributed by atoms with van der Waals surface area (Å²) in [5, 5.41) is 8.75. The molecule has 36 valence electrons. The number of hydrogen-bond acceptors (Lipinski definition) is 1. The van der Waals surface area contributed by atoms with Crippen LogP contribution in [0.4, 0.5) is 0 Å². The predicted octanol–water partition coefficient (Wildman–Crippen LogP) is 0.779. The maximum atomic E-state index is 8.75. The van der Waals surface area contributed by atoms with Gasteiger partial charge in [0.2, 0.25) is 0 Å². The van der Waals surface area contributed by atoms with Crippen molar-refractivity contribution < 1.29 is 7.85 Å². The molecule has 0 aromatic rings. The van der Waals surface area contributed by atoms with Crippen molar-refractivity contribution in [1.82, 2.24) is 0 Å². The lowest BCUT2D eigenvalue weighted by atomic mass is 10.2. The molecular weight excluding hydrogens is 76.1 g/mol. The Kier molecular flexibility index (Phi) is 0.374. The Hall–Kier alpha value is -0.0400. The van der Waals surface area contributed by atoms with Gasteiger partial charge in [-0.05, 0) is 18.3 Å². The maximum Gasteiger partial charge on any atom is 0.0569 e. The molecule has 1 fully saturated rings. The second kappa shape index (κ2) is 0.969. The summed E-state index contributed by atoms with van der Waals surface area (Å²) in [4.78, 5) is 0. The molecule has 6 heavy (non-hydrogen) atoms. The van der Waals surface area contributed by atoms with Crippen LogP contribution in [0.3, 0.4) is 0 Å². The van der Waals surface area contributed by atoms with Crippen LogP contribution in [0.15, 0.2) is 0 Å². The molecule has 0 aromatic carbocycles. The lowest BCUT2D eigenvalue weighted by Gasteiger charge is -1.96. The average molecular weight is 88.1 g/mol. The first-order valence-corrected chi connectivity index (χ1v) is 2.18. The zero-order valence-corrected chi connectivity index (χ0v) is 3.86. The van der Waals surface area contributed by atoms with Crippen LogP contribution in [0, 0.1) is 5.41 Å². The van der Waals surface area contributed by atoms with Gasteiger partial charge in [-0.25, -0.2) is 0 Å². The first kappa shape index (κ1) is 2.31. The Morgan fingerprint density at radius 1 is 2.00 bits per heavy atom. The van der Waals surface area contributed by atoms with Crippen LogP contribution in [-0.4, -0.2) is 11.7 Å². The lowest BCUT2D eigenvalue weighted by Crippen LogP contribution is -1.97. The van der Waals surface area contributed by atoms with E-state index in [-0.39, 0.29) is 0 Å². The summed E-state index contributed by atoms with van der Waals surface area (Å²) < 4.78 is 13.7. The van der Waals surface area contributed by atoms with E-state index < -0.39 is 12.0 Å². The van der Waals surface area contributed by atoms with E-state index in [1.807, 2.05) is 0 Å². The molecule has 0 amide bonds. The Balaban J connectivity index is 2.58. The highest BCUT2D eigenvalue weighted by Crippen LogP contribution is 2.43. The van der Waals surface area contributed by atoms with E-state index >= 15 is 0 Å². The molecule has 1 saturated carbocycles. The van der Waals surface area contributed by atoms with Crippen molar-refractivity contribution in [2.24, 2.45) is 5.41 Å². The molecule has 1 nitrogen and oxygen atoms in total. The fraction of sp³-hybridized carbons (Fsp3) is 1.00.